The van der Waals surface area contributed by atoms with Gasteiger partial charge in [-0.3, -0.25) is 0 Å². The number of hydrogen-bond donors (Lipinski definition) is 1. The van der Waals surface area contributed by atoms with Gasteiger partial charge in [-0.25, -0.2) is 0 Å². The summed E-state index contributed by atoms with van der Waals surface area (Å²) in [5, 5.41) is 3.50. The van der Waals surface area contributed by atoms with Crippen LogP contribution >= 0.6 is 0 Å². The number of methoxy groups -OCH3 is 1. The molecule has 1 aliphatic carbocycles. The van der Waals surface area contributed by atoms with Gasteiger partial charge in [0.05, 0.1) is 6.61 Å². The predicted molar refractivity (Wildman–Crippen MR) is 89.6 cm³/mol. The van der Waals surface area contributed by atoms with E-state index in [-0.39, 0.29) is 0 Å². The fraction of sp³-hybridized carbons (Fsp3) is 0.684. The van der Waals surface area contributed by atoms with Crippen LogP contribution in [0.4, 0.5) is 0 Å². The monoisotopic (exact) mass is 289 g/mol. The summed E-state index contributed by atoms with van der Waals surface area (Å²) in [7, 11) is 3.85. The summed E-state index contributed by atoms with van der Waals surface area (Å²) >= 11 is 0. The van der Waals surface area contributed by atoms with Crippen LogP contribution in [0.1, 0.15) is 62.1 Å². The number of nitrogens with one attached hydrogen (secondary N) is 1. The van der Waals surface area contributed by atoms with E-state index in [9.17, 15) is 0 Å². The molecule has 1 unspecified atom stereocenters. The van der Waals surface area contributed by atoms with Gasteiger partial charge in [0.15, 0.2) is 0 Å². The van der Waals surface area contributed by atoms with Gasteiger partial charge >= 0.3 is 0 Å². The Balaban J connectivity index is 1.84. The highest BCUT2D eigenvalue weighted by Gasteiger charge is 2.16. The zero-order valence-electron chi connectivity index (χ0n) is 13.7. The van der Waals surface area contributed by atoms with Gasteiger partial charge in [-0.2, -0.15) is 0 Å². The number of ether oxygens (including phenoxy) is 1. The van der Waals surface area contributed by atoms with Gasteiger partial charge in [0, 0.05) is 13.2 Å². The lowest BCUT2D eigenvalue weighted by atomic mass is 9.84. The molecule has 0 aromatic heterocycles. The summed E-state index contributed by atoms with van der Waals surface area (Å²) in [6.07, 6.45) is 10.9. The van der Waals surface area contributed by atoms with E-state index in [0.29, 0.717) is 6.04 Å². The average Bonchev–Trinajstić information content (AvgIpc) is 2.55. The summed E-state index contributed by atoms with van der Waals surface area (Å²) in [5.41, 5.74) is 2.79. The fourth-order valence-corrected chi connectivity index (χ4v) is 3.49. The zero-order valence-corrected chi connectivity index (χ0v) is 13.7. The Bertz CT molecular complexity index is 381. The van der Waals surface area contributed by atoms with Gasteiger partial charge in [-0.15, -0.1) is 0 Å². The van der Waals surface area contributed by atoms with Gasteiger partial charge in [0.25, 0.3) is 0 Å². The van der Waals surface area contributed by atoms with Crippen LogP contribution in [0, 0.1) is 5.92 Å². The van der Waals surface area contributed by atoms with Gasteiger partial charge in [0.2, 0.25) is 0 Å². The van der Waals surface area contributed by atoms with E-state index < -0.39 is 0 Å². The van der Waals surface area contributed by atoms with Gasteiger partial charge in [-0.1, -0.05) is 56.4 Å². The summed E-state index contributed by atoms with van der Waals surface area (Å²) in [6.45, 7) is 0.802. The molecule has 2 nitrogen and oxygen atoms in total. The van der Waals surface area contributed by atoms with E-state index in [1.807, 2.05) is 0 Å². The van der Waals surface area contributed by atoms with Gasteiger partial charge in [0.1, 0.15) is 0 Å². The molecule has 0 heterocycles. The molecular formula is C19H31NO. The molecule has 1 saturated carbocycles. The van der Waals surface area contributed by atoms with Crippen LogP contribution in [-0.2, 0) is 11.2 Å². The number of hydrogen-bond acceptors (Lipinski definition) is 2. The van der Waals surface area contributed by atoms with Crippen LogP contribution in [0.3, 0.4) is 0 Å². The first-order chi connectivity index (χ1) is 10.3. The van der Waals surface area contributed by atoms with Crippen molar-refractivity contribution in [3.63, 3.8) is 0 Å². The Morgan fingerprint density at radius 2 is 1.86 bits per heavy atom. The maximum atomic E-state index is 5.14. The Kier molecular flexibility index (Phi) is 7.25. The second kappa shape index (κ2) is 9.22. The molecule has 118 valence electrons. The van der Waals surface area contributed by atoms with Crippen LogP contribution in [-0.4, -0.2) is 20.8 Å². The minimum absolute atomic E-state index is 0.503. The van der Waals surface area contributed by atoms with Crippen molar-refractivity contribution >= 4 is 0 Å². The van der Waals surface area contributed by atoms with E-state index in [1.165, 1.54) is 56.1 Å². The summed E-state index contributed by atoms with van der Waals surface area (Å²) in [6, 6.07) is 9.57. The maximum Gasteiger partial charge on any atom is 0.0502 e. The largest absolute Gasteiger partial charge is 0.384 e. The zero-order chi connectivity index (χ0) is 14.9. The van der Waals surface area contributed by atoms with E-state index in [0.717, 1.165) is 18.9 Å². The van der Waals surface area contributed by atoms with E-state index in [4.69, 9.17) is 4.74 Å². The quantitative estimate of drug-likeness (QED) is 0.761. The second-order valence-corrected chi connectivity index (χ2v) is 6.41. The molecule has 0 saturated heterocycles. The molecule has 1 N–H and O–H groups in total. The Morgan fingerprint density at radius 3 is 2.48 bits per heavy atom. The normalized spacial score (nSPS) is 17.8. The maximum absolute atomic E-state index is 5.14. The highest BCUT2D eigenvalue weighted by molar-refractivity contribution is 5.25. The topological polar surface area (TPSA) is 21.3 Å². The summed E-state index contributed by atoms with van der Waals surface area (Å²) in [4.78, 5) is 0. The summed E-state index contributed by atoms with van der Waals surface area (Å²) < 4.78 is 5.14. The number of benzene rings is 1. The first kappa shape index (κ1) is 16.5. The third-order valence-corrected chi connectivity index (χ3v) is 4.91. The van der Waals surface area contributed by atoms with Crippen molar-refractivity contribution in [3.8, 4) is 0 Å². The van der Waals surface area contributed by atoms with Crippen LogP contribution < -0.4 is 5.32 Å². The molecule has 0 aliphatic heterocycles. The van der Waals surface area contributed by atoms with Crippen LogP contribution in [0.5, 0.6) is 0 Å². The molecule has 1 aromatic carbocycles. The SMILES string of the molecule is CNC(CCC1CCCCC1)c1ccc(CCOC)cc1. The van der Waals surface area contributed by atoms with E-state index >= 15 is 0 Å². The van der Waals surface area contributed by atoms with Crippen molar-refractivity contribution in [2.45, 2.75) is 57.4 Å². The molecule has 2 rings (SSSR count). The minimum Gasteiger partial charge on any atom is -0.384 e. The van der Waals surface area contributed by atoms with Crippen molar-refractivity contribution in [1.29, 1.82) is 0 Å². The second-order valence-electron chi connectivity index (χ2n) is 6.41. The predicted octanol–water partition coefficient (Wildman–Crippen LogP) is 4.50. The lowest BCUT2D eigenvalue weighted by Gasteiger charge is -2.24. The fourth-order valence-electron chi connectivity index (χ4n) is 3.49. The number of rotatable bonds is 8. The van der Waals surface area contributed by atoms with Crippen molar-refractivity contribution in [2.75, 3.05) is 20.8 Å². The Labute approximate surface area is 130 Å². The van der Waals surface area contributed by atoms with Crippen LogP contribution in [0.15, 0.2) is 24.3 Å². The molecule has 21 heavy (non-hydrogen) atoms. The van der Waals surface area contributed by atoms with E-state index in [1.54, 1.807) is 7.11 Å². The lowest BCUT2D eigenvalue weighted by Crippen LogP contribution is -2.18. The van der Waals surface area contributed by atoms with Crippen molar-refractivity contribution in [2.24, 2.45) is 5.92 Å². The molecule has 1 atom stereocenters. The molecule has 0 amide bonds. The molecule has 0 radical (unpaired) electrons. The standard InChI is InChI=1S/C19H31NO/c1-20-19(13-10-16-6-4-3-5-7-16)18-11-8-17(9-12-18)14-15-21-2/h8-9,11-12,16,19-20H,3-7,10,13-15H2,1-2H3. The van der Waals surface area contributed by atoms with Gasteiger partial charge in [-0.05, 0) is 43.4 Å². The highest BCUT2D eigenvalue weighted by atomic mass is 16.5. The van der Waals surface area contributed by atoms with E-state index in [2.05, 4.69) is 36.6 Å². The lowest BCUT2D eigenvalue weighted by molar-refractivity contribution is 0.202. The smallest absolute Gasteiger partial charge is 0.0502 e. The molecule has 0 spiro atoms. The molecule has 2 heteroatoms. The van der Waals surface area contributed by atoms with Gasteiger partial charge < -0.3 is 10.1 Å². The minimum atomic E-state index is 0.503. The Morgan fingerprint density at radius 1 is 1.14 bits per heavy atom. The molecule has 1 aromatic rings. The first-order valence-electron chi connectivity index (χ1n) is 8.58. The highest BCUT2D eigenvalue weighted by Crippen LogP contribution is 2.30. The van der Waals surface area contributed by atoms with Crippen LogP contribution in [0.25, 0.3) is 0 Å². The summed E-state index contributed by atoms with van der Waals surface area (Å²) in [5.74, 6) is 0.968. The van der Waals surface area contributed by atoms with Crippen molar-refractivity contribution in [3.05, 3.63) is 35.4 Å². The molecule has 0 bridgehead atoms. The molecular weight excluding hydrogens is 258 g/mol. The van der Waals surface area contributed by atoms with Crippen LogP contribution in [0.2, 0.25) is 0 Å². The third-order valence-electron chi connectivity index (χ3n) is 4.91. The van der Waals surface area contributed by atoms with Crippen molar-refractivity contribution in [1.82, 2.24) is 5.32 Å². The van der Waals surface area contributed by atoms with Crippen molar-refractivity contribution < 1.29 is 4.74 Å². The first-order valence-corrected chi connectivity index (χ1v) is 8.58. The third kappa shape index (κ3) is 5.44. The molecule has 1 fully saturated rings. The average molecular weight is 289 g/mol. The molecule has 1 aliphatic rings. The Hall–Kier alpha value is -0.860.